The predicted molar refractivity (Wildman–Crippen MR) is 86.4 cm³/mol. The molecule has 2 aromatic rings. The number of aryl methyl sites for hydroxylation is 2. The first-order chi connectivity index (χ1) is 8.61. The van der Waals surface area contributed by atoms with Crippen molar-refractivity contribution in [2.45, 2.75) is 20.4 Å². The van der Waals surface area contributed by atoms with Gasteiger partial charge in [-0.05, 0) is 60.8 Å². The number of hydrogen-bond acceptors (Lipinski definition) is 1. The summed E-state index contributed by atoms with van der Waals surface area (Å²) in [5, 5.41) is 3.99. The van der Waals surface area contributed by atoms with Crippen LogP contribution in [-0.4, -0.2) is 7.05 Å². The first kappa shape index (κ1) is 16.0. The van der Waals surface area contributed by atoms with E-state index in [1.165, 1.54) is 27.8 Å². The summed E-state index contributed by atoms with van der Waals surface area (Å²) in [7, 11) is 1.98. The van der Waals surface area contributed by atoms with Gasteiger partial charge in [-0.1, -0.05) is 35.9 Å². The first-order valence-electron chi connectivity index (χ1n) is 6.12. The molecule has 0 aliphatic rings. The Morgan fingerprint density at radius 2 is 1.63 bits per heavy atom. The second-order valence-corrected chi connectivity index (χ2v) is 5.07. The van der Waals surface area contributed by atoms with E-state index >= 15 is 0 Å². The standard InChI is InChI=1S/C16H18ClN.ClH/c1-11-7-14(8-12(2)16(11)10-18-3)13-5-4-6-15(17)9-13;/h4-9,18H,10H2,1-3H3;1H. The lowest BCUT2D eigenvalue weighted by Gasteiger charge is -2.12. The highest BCUT2D eigenvalue weighted by atomic mass is 35.5. The van der Waals surface area contributed by atoms with Gasteiger partial charge in [-0.2, -0.15) is 0 Å². The fourth-order valence-electron chi connectivity index (χ4n) is 2.28. The third-order valence-corrected chi connectivity index (χ3v) is 3.44. The van der Waals surface area contributed by atoms with Crippen LogP contribution in [0.5, 0.6) is 0 Å². The zero-order valence-electron chi connectivity index (χ0n) is 11.5. The van der Waals surface area contributed by atoms with E-state index < -0.39 is 0 Å². The van der Waals surface area contributed by atoms with Crippen LogP contribution in [0.1, 0.15) is 16.7 Å². The van der Waals surface area contributed by atoms with E-state index in [4.69, 9.17) is 11.6 Å². The summed E-state index contributed by atoms with van der Waals surface area (Å²) in [5.74, 6) is 0. The van der Waals surface area contributed by atoms with Crippen LogP contribution in [0, 0.1) is 13.8 Å². The van der Waals surface area contributed by atoms with E-state index in [2.05, 4.69) is 37.4 Å². The Bertz CT molecular complexity index is 541. The second kappa shape index (κ2) is 6.95. The van der Waals surface area contributed by atoms with Gasteiger partial charge in [0.25, 0.3) is 0 Å². The van der Waals surface area contributed by atoms with Crippen molar-refractivity contribution in [3.63, 3.8) is 0 Å². The molecule has 0 aromatic heterocycles. The second-order valence-electron chi connectivity index (χ2n) is 4.63. The third-order valence-electron chi connectivity index (χ3n) is 3.21. The monoisotopic (exact) mass is 295 g/mol. The summed E-state index contributed by atoms with van der Waals surface area (Å²) in [6, 6.07) is 12.5. The van der Waals surface area contributed by atoms with Crippen LogP contribution in [0.25, 0.3) is 11.1 Å². The molecule has 102 valence electrons. The molecular formula is C16H19Cl2N. The maximum absolute atomic E-state index is 6.05. The van der Waals surface area contributed by atoms with Crippen LogP contribution in [0.3, 0.4) is 0 Å². The van der Waals surface area contributed by atoms with Gasteiger partial charge in [0, 0.05) is 11.6 Å². The molecule has 0 radical (unpaired) electrons. The molecule has 0 amide bonds. The Balaban J connectivity index is 0.00000180. The Kier molecular flexibility index (Phi) is 5.86. The Labute approximate surface area is 126 Å². The molecule has 0 spiro atoms. The van der Waals surface area contributed by atoms with Gasteiger partial charge in [0.15, 0.2) is 0 Å². The van der Waals surface area contributed by atoms with Crippen molar-refractivity contribution in [1.82, 2.24) is 5.32 Å². The van der Waals surface area contributed by atoms with Crippen LogP contribution >= 0.6 is 24.0 Å². The molecule has 0 bridgehead atoms. The summed E-state index contributed by atoms with van der Waals surface area (Å²) in [6.07, 6.45) is 0. The molecule has 19 heavy (non-hydrogen) atoms. The van der Waals surface area contributed by atoms with E-state index in [-0.39, 0.29) is 12.4 Å². The van der Waals surface area contributed by atoms with Gasteiger partial charge in [0.2, 0.25) is 0 Å². The number of halogens is 2. The quantitative estimate of drug-likeness (QED) is 0.860. The first-order valence-corrected chi connectivity index (χ1v) is 6.50. The third kappa shape index (κ3) is 3.73. The van der Waals surface area contributed by atoms with Gasteiger partial charge >= 0.3 is 0 Å². The molecule has 0 fully saturated rings. The van der Waals surface area contributed by atoms with Crippen molar-refractivity contribution in [3.05, 3.63) is 58.1 Å². The smallest absolute Gasteiger partial charge is 0.0412 e. The number of nitrogens with one attached hydrogen (secondary N) is 1. The lowest BCUT2D eigenvalue weighted by molar-refractivity contribution is 0.806. The molecule has 3 heteroatoms. The summed E-state index contributed by atoms with van der Waals surface area (Å²) in [6.45, 7) is 5.23. The molecule has 0 unspecified atom stereocenters. The lowest BCUT2D eigenvalue weighted by atomic mass is 9.95. The average molecular weight is 296 g/mol. The highest BCUT2D eigenvalue weighted by Gasteiger charge is 2.06. The van der Waals surface area contributed by atoms with Gasteiger partial charge < -0.3 is 5.32 Å². The molecule has 0 aliphatic heterocycles. The Hall–Kier alpha value is -1.02. The summed E-state index contributed by atoms with van der Waals surface area (Å²) in [4.78, 5) is 0. The van der Waals surface area contributed by atoms with Crippen molar-refractivity contribution in [2.24, 2.45) is 0 Å². The fourth-order valence-corrected chi connectivity index (χ4v) is 2.47. The molecule has 2 rings (SSSR count). The zero-order valence-corrected chi connectivity index (χ0v) is 13.0. The minimum atomic E-state index is 0. The summed E-state index contributed by atoms with van der Waals surface area (Å²) >= 11 is 6.05. The Morgan fingerprint density at radius 1 is 1.00 bits per heavy atom. The lowest BCUT2D eigenvalue weighted by Crippen LogP contribution is -2.08. The van der Waals surface area contributed by atoms with E-state index in [0.717, 1.165) is 11.6 Å². The van der Waals surface area contributed by atoms with Gasteiger partial charge in [-0.3, -0.25) is 0 Å². The van der Waals surface area contributed by atoms with Crippen molar-refractivity contribution in [2.75, 3.05) is 7.05 Å². The molecule has 0 saturated heterocycles. The maximum Gasteiger partial charge on any atom is 0.0412 e. The van der Waals surface area contributed by atoms with Crippen molar-refractivity contribution < 1.29 is 0 Å². The van der Waals surface area contributed by atoms with E-state index in [1.54, 1.807) is 0 Å². The van der Waals surface area contributed by atoms with Crippen LogP contribution in [0.4, 0.5) is 0 Å². The van der Waals surface area contributed by atoms with Gasteiger partial charge in [0.05, 0.1) is 0 Å². The minimum Gasteiger partial charge on any atom is -0.316 e. The van der Waals surface area contributed by atoms with E-state index in [9.17, 15) is 0 Å². The highest BCUT2D eigenvalue weighted by Crippen LogP contribution is 2.27. The average Bonchev–Trinajstić information content (AvgIpc) is 2.33. The molecule has 1 nitrogen and oxygen atoms in total. The zero-order chi connectivity index (χ0) is 13.1. The molecule has 0 aliphatic carbocycles. The molecule has 1 N–H and O–H groups in total. The minimum absolute atomic E-state index is 0. The summed E-state index contributed by atoms with van der Waals surface area (Å²) in [5.41, 5.74) is 6.42. The number of benzene rings is 2. The molecule has 0 heterocycles. The maximum atomic E-state index is 6.05. The van der Waals surface area contributed by atoms with Crippen LogP contribution in [0.15, 0.2) is 36.4 Å². The van der Waals surface area contributed by atoms with Crippen LogP contribution < -0.4 is 5.32 Å². The van der Waals surface area contributed by atoms with Crippen molar-refractivity contribution in [3.8, 4) is 11.1 Å². The molecule has 0 atom stereocenters. The van der Waals surface area contributed by atoms with E-state index in [0.29, 0.717) is 0 Å². The van der Waals surface area contributed by atoms with Crippen molar-refractivity contribution >= 4 is 24.0 Å². The largest absolute Gasteiger partial charge is 0.316 e. The normalized spacial score (nSPS) is 10.1. The van der Waals surface area contributed by atoms with Gasteiger partial charge in [0.1, 0.15) is 0 Å². The SMILES string of the molecule is CNCc1c(C)cc(-c2cccc(Cl)c2)cc1C.Cl. The number of hydrogen-bond donors (Lipinski definition) is 1. The van der Waals surface area contributed by atoms with Gasteiger partial charge in [-0.25, -0.2) is 0 Å². The fraction of sp³-hybridized carbons (Fsp3) is 0.250. The van der Waals surface area contributed by atoms with Gasteiger partial charge in [-0.15, -0.1) is 12.4 Å². The molecule has 0 saturated carbocycles. The molecular weight excluding hydrogens is 277 g/mol. The topological polar surface area (TPSA) is 12.0 Å². The predicted octanol–water partition coefficient (Wildman–Crippen LogP) is 4.77. The van der Waals surface area contributed by atoms with Crippen molar-refractivity contribution in [1.29, 1.82) is 0 Å². The summed E-state index contributed by atoms with van der Waals surface area (Å²) < 4.78 is 0. The Morgan fingerprint density at radius 3 is 2.16 bits per heavy atom. The van der Waals surface area contributed by atoms with Crippen LogP contribution in [-0.2, 0) is 6.54 Å². The number of rotatable bonds is 3. The van der Waals surface area contributed by atoms with Crippen LogP contribution in [0.2, 0.25) is 5.02 Å². The highest BCUT2D eigenvalue weighted by molar-refractivity contribution is 6.30. The van der Waals surface area contributed by atoms with E-state index in [1.807, 2.05) is 25.2 Å². The molecule has 2 aromatic carbocycles.